The molecule has 2 amide bonds. The van der Waals surface area contributed by atoms with Crippen molar-refractivity contribution in [2.24, 2.45) is 0 Å². The van der Waals surface area contributed by atoms with Crippen LogP contribution in [0.3, 0.4) is 0 Å². The molecule has 0 aliphatic carbocycles. The fraction of sp³-hybridized carbons (Fsp3) is 0.615. The second kappa shape index (κ2) is 5.80. The molecule has 0 spiro atoms. The van der Waals surface area contributed by atoms with Gasteiger partial charge in [-0.15, -0.1) is 0 Å². The number of H-pyrrole nitrogens is 1. The maximum absolute atomic E-state index is 13.7. The van der Waals surface area contributed by atoms with E-state index in [0.717, 1.165) is 0 Å². The minimum atomic E-state index is -1.17. The molecule has 2 aliphatic rings. The smallest absolute Gasteiger partial charge is 0.257 e. The molecule has 0 aromatic carbocycles. The Labute approximate surface area is 121 Å². The second-order valence-corrected chi connectivity index (χ2v) is 5.23. The van der Waals surface area contributed by atoms with Gasteiger partial charge in [0.2, 0.25) is 5.91 Å². The molecule has 1 aromatic rings. The Morgan fingerprint density at radius 2 is 2.14 bits per heavy atom. The lowest BCUT2D eigenvalue weighted by atomic mass is 10.1. The van der Waals surface area contributed by atoms with E-state index in [1.54, 1.807) is 4.90 Å². The highest BCUT2D eigenvalue weighted by Gasteiger charge is 2.42. The lowest BCUT2D eigenvalue weighted by Crippen LogP contribution is -2.51. The summed E-state index contributed by atoms with van der Waals surface area (Å²) < 4.78 is 18.9. The van der Waals surface area contributed by atoms with Gasteiger partial charge in [-0.25, -0.2) is 4.39 Å². The van der Waals surface area contributed by atoms with E-state index in [9.17, 15) is 14.0 Å². The first-order chi connectivity index (χ1) is 10.2. The third-order valence-corrected chi connectivity index (χ3v) is 3.86. The van der Waals surface area contributed by atoms with E-state index >= 15 is 0 Å². The van der Waals surface area contributed by atoms with E-state index in [1.165, 1.54) is 17.3 Å². The molecule has 0 unspecified atom stereocenters. The van der Waals surface area contributed by atoms with Gasteiger partial charge in [-0.3, -0.25) is 14.7 Å². The van der Waals surface area contributed by atoms with E-state index in [4.69, 9.17) is 4.74 Å². The summed E-state index contributed by atoms with van der Waals surface area (Å²) in [5.74, 6) is -0.564. The molecule has 8 heteroatoms. The maximum atomic E-state index is 13.7. The predicted molar refractivity (Wildman–Crippen MR) is 70.3 cm³/mol. The average molecular weight is 296 g/mol. The molecule has 3 heterocycles. The Balaban J connectivity index is 1.75. The Hall–Kier alpha value is -1.96. The fourth-order valence-electron chi connectivity index (χ4n) is 2.77. The van der Waals surface area contributed by atoms with E-state index in [-0.39, 0.29) is 24.8 Å². The van der Waals surface area contributed by atoms with Crippen molar-refractivity contribution >= 4 is 11.8 Å². The first-order valence-corrected chi connectivity index (χ1v) is 6.97. The average Bonchev–Trinajstić information content (AvgIpc) is 3.16. The van der Waals surface area contributed by atoms with Crippen molar-refractivity contribution in [2.75, 3.05) is 32.8 Å². The minimum absolute atomic E-state index is 0.0508. The van der Waals surface area contributed by atoms with Gasteiger partial charge in [-0.05, 0) is 0 Å². The first kappa shape index (κ1) is 14.0. The standard InChI is InChI=1S/C13H17FN4O3/c14-10-5-11(13(20)17-1-3-21-4-2-17)18(8-10)12(19)9-6-15-16-7-9/h6-7,10-11H,1-5,8H2,(H,15,16)/t10-,11+/m1/s1. The van der Waals surface area contributed by atoms with Crippen LogP contribution in [0.5, 0.6) is 0 Å². The van der Waals surface area contributed by atoms with E-state index < -0.39 is 12.2 Å². The fourth-order valence-corrected chi connectivity index (χ4v) is 2.77. The van der Waals surface area contributed by atoms with Gasteiger partial charge in [0.25, 0.3) is 5.91 Å². The topological polar surface area (TPSA) is 78.5 Å². The summed E-state index contributed by atoms with van der Waals surface area (Å²) in [6.07, 6.45) is 1.71. The van der Waals surface area contributed by atoms with Crippen molar-refractivity contribution in [3.8, 4) is 0 Å². The number of aromatic nitrogens is 2. The number of carbonyl (C=O) groups excluding carboxylic acids is 2. The number of nitrogens with one attached hydrogen (secondary N) is 1. The Morgan fingerprint density at radius 3 is 2.81 bits per heavy atom. The highest BCUT2D eigenvalue weighted by atomic mass is 19.1. The van der Waals surface area contributed by atoms with Crippen molar-refractivity contribution in [2.45, 2.75) is 18.6 Å². The van der Waals surface area contributed by atoms with Gasteiger partial charge in [0, 0.05) is 25.7 Å². The van der Waals surface area contributed by atoms with E-state index in [2.05, 4.69) is 10.2 Å². The molecular weight excluding hydrogens is 279 g/mol. The third kappa shape index (κ3) is 2.76. The van der Waals surface area contributed by atoms with Gasteiger partial charge < -0.3 is 14.5 Å². The zero-order valence-electron chi connectivity index (χ0n) is 11.5. The monoisotopic (exact) mass is 296 g/mol. The van der Waals surface area contributed by atoms with E-state index in [1.807, 2.05) is 0 Å². The van der Waals surface area contributed by atoms with Gasteiger partial charge in [0.1, 0.15) is 12.2 Å². The molecule has 7 nitrogen and oxygen atoms in total. The molecule has 2 saturated heterocycles. The predicted octanol–water partition coefficient (Wildman–Crippen LogP) is -0.179. The highest BCUT2D eigenvalue weighted by Crippen LogP contribution is 2.24. The van der Waals surface area contributed by atoms with Crippen LogP contribution in [-0.2, 0) is 9.53 Å². The highest BCUT2D eigenvalue weighted by molar-refractivity contribution is 5.97. The van der Waals surface area contributed by atoms with E-state index in [0.29, 0.717) is 31.9 Å². The van der Waals surface area contributed by atoms with Gasteiger partial charge in [-0.2, -0.15) is 5.10 Å². The van der Waals surface area contributed by atoms with Crippen LogP contribution in [0.4, 0.5) is 4.39 Å². The van der Waals surface area contributed by atoms with Crippen LogP contribution in [0.2, 0.25) is 0 Å². The zero-order chi connectivity index (χ0) is 14.8. The van der Waals surface area contributed by atoms with Crippen LogP contribution in [0.15, 0.2) is 12.4 Å². The molecular formula is C13H17FN4O3. The Kier molecular flexibility index (Phi) is 3.87. The van der Waals surface area contributed by atoms with Crippen LogP contribution < -0.4 is 0 Å². The normalized spacial score (nSPS) is 26.1. The summed E-state index contributed by atoms with van der Waals surface area (Å²) in [6, 6.07) is -0.736. The molecule has 1 N–H and O–H groups in total. The molecule has 0 bridgehead atoms. The Morgan fingerprint density at radius 1 is 1.38 bits per heavy atom. The third-order valence-electron chi connectivity index (χ3n) is 3.86. The molecule has 3 rings (SSSR count). The van der Waals surface area contributed by atoms with Crippen LogP contribution in [-0.4, -0.2) is 76.9 Å². The van der Waals surface area contributed by atoms with Crippen LogP contribution in [0, 0.1) is 0 Å². The van der Waals surface area contributed by atoms with Crippen molar-refractivity contribution in [3.05, 3.63) is 18.0 Å². The lowest BCUT2D eigenvalue weighted by molar-refractivity contribution is -0.139. The van der Waals surface area contributed by atoms with Crippen LogP contribution in [0.25, 0.3) is 0 Å². The number of amides is 2. The quantitative estimate of drug-likeness (QED) is 0.821. The number of hydrogen-bond donors (Lipinski definition) is 1. The summed E-state index contributed by atoms with van der Waals surface area (Å²) in [7, 11) is 0. The number of ether oxygens (including phenoxy) is 1. The number of nitrogens with zero attached hydrogens (tertiary/aromatic N) is 3. The molecule has 2 aliphatic heterocycles. The summed E-state index contributed by atoms with van der Waals surface area (Å²) in [5, 5.41) is 6.26. The SMILES string of the molecule is O=C([C@@H]1C[C@@H](F)CN1C(=O)c1cn[nH]c1)N1CCOCC1. The van der Waals surface area contributed by atoms with Gasteiger partial charge in [-0.1, -0.05) is 0 Å². The van der Waals surface area contributed by atoms with Gasteiger partial charge in [0.15, 0.2) is 0 Å². The lowest BCUT2D eigenvalue weighted by Gasteiger charge is -2.32. The van der Waals surface area contributed by atoms with Crippen molar-refractivity contribution in [1.82, 2.24) is 20.0 Å². The maximum Gasteiger partial charge on any atom is 0.257 e. The minimum Gasteiger partial charge on any atom is -0.378 e. The van der Waals surface area contributed by atoms with Crippen LogP contribution in [0.1, 0.15) is 16.8 Å². The number of carbonyl (C=O) groups is 2. The number of aromatic amines is 1. The summed E-state index contributed by atoms with van der Waals surface area (Å²) in [6.45, 7) is 1.88. The number of hydrogen-bond acceptors (Lipinski definition) is 4. The molecule has 0 saturated carbocycles. The molecule has 21 heavy (non-hydrogen) atoms. The van der Waals surface area contributed by atoms with Crippen molar-refractivity contribution < 1.29 is 18.7 Å². The summed E-state index contributed by atoms with van der Waals surface area (Å²) >= 11 is 0. The summed E-state index contributed by atoms with van der Waals surface area (Å²) in [4.78, 5) is 27.8. The molecule has 114 valence electrons. The van der Waals surface area contributed by atoms with Crippen molar-refractivity contribution in [3.63, 3.8) is 0 Å². The molecule has 1 aromatic heterocycles. The molecule has 0 radical (unpaired) electrons. The number of likely N-dealkylation sites (tertiary alicyclic amines) is 1. The second-order valence-electron chi connectivity index (χ2n) is 5.23. The number of alkyl halides is 1. The largest absolute Gasteiger partial charge is 0.378 e. The number of rotatable bonds is 2. The van der Waals surface area contributed by atoms with Crippen LogP contribution >= 0.6 is 0 Å². The molecule has 2 fully saturated rings. The first-order valence-electron chi connectivity index (χ1n) is 6.97. The van der Waals surface area contributed by atoms with Gasteiger partial charge in [0.05, 0.1) is 31.5 Å². The Bertz CT molecular complexity index is 515. The zero-order valence-corrected chi connectivity index (χ0v) is 11.5. The number of morpholine rings is 1. The molecule has 2 atom stereocenters. The van der Waals surface area contributed by atoms with Gasteiger partial charge >= 0.3 is 0 Å². The number of halogens is 1. The summed E-state index contributed by atoms with van der Waals surface area (Å²) in [5.41, 5.74) is 0.337. The van der Waals surface area contributed by atoms with Crippen molar-refractivity contribution in [1.29, 1.82) is 0 Å².